The zero-order valence-electron chi connectivity index (χ0n) is 18.3. The van der Waals surface area contributed by atoms with Gasteiger partial charge in [-0.15, -0.1) is 16.9 Å². The second kappa shape index (κ2) is 9.61. The number of thioether (sulfide) groups is 2. The van der Waals surface area contributed by atoms with Crippen molar-refractivity contribution in [3.63, 3.8) is 0 Å². The summed E-state index contributed by atoms with van der Waals surface area (Å²) >= 11 is 2.95. The number of esters is 1. The Morgan fingerprint density at radius 3 is 2.41 bits per heavy atom. The fourth-order valence-corrected chi connectivity index (χ4v) is 6.20. The van der Waals surface area contributed by atoms with Gasteiger partial charge in [-0.2, -0.15) is 0 Å². The van der Waals surface area contributed by atoms with Crippen LogP contribution in [0.1, 0.15) is 17.2 Å². The third kappa shape index (κ3) is 4.22. The molecule has 2 aliphatic rings. The molecule has 1 unspecified atom stereocenters. The molecule has 0 saturated carbocycles. The van der Waals surface area contributed by atoms with Crippen molar-refractivity contribution in [2.45, 2.75) is 22.7 Å². The van der Waals surface area contributed by atoms with E-state index in [0.29, 0.717) is 16.7 Å². The van der Waals surface area contributed by atoms with Crippen molar-refractivity contribution < 1.29 is 14.3 Å². The van der Waals surface area contributed by atoms with Crippen molar-refractivity contribution in [2.75, 3.05) is 11.5 Å². The van der Waals surface area contributed by atoms with Gasteiger partial charge in [0.25, 0.3) is 0 Å². The van der Waals surface area contributed by atoms with Crippen molar-refractivity contribution >= 4 is 35.4 Å². The highest BCUT2D eigenvalue weighted by Crippen LogP contribution is 2.41. The number of aryl methyl sites for hydroxylation is 1. The lowest BCUT2D eigenvalue weighted by atomic mass is 10.0. The summed E-state index contributed by atoms with van der Waals surface area (Å²) in [4.78, 5) is 27.8. The number of hydrogen-bond acceptors (Lipinski definition) is 9. The van der Waals surface area contributed by atoms with Crippen LogP contribution in [0, 0.1) is 0 Å². The maximum Gasteiger partial charge on any atom is 0.356 e. The first-order valence-electron chi connectivity index (χ1n) is 10.6. The molecule has 34 heavy (non-hydrogen) atoms. The summed E-state index contributed by atoms with van der Waals surface area (Å²) in [6, 6.07) is 18.5. The Hall–Kier alpha value is -3.15. The zero-order valence-corrected chi connectivity index (χ0v) is 19.9. The average molecular weight is 495 g/mol. The van der Waals surface area contributed by atoms with E-state index < -0.39 is 18.1 Å². The number of aromatic nitrogens is 4. The summed E-state index contributed by atoms with van der Waals surface area (Å²) in [5.74, 6) is 0.183. The molecule has 1 aromatic heterocycles. The molecule has 11 heteroatoms. The highest BCUT2D eigenvalue weighted by atomic mass is 32.2. The standard InChI is InChI=1S/C23H22N6O3S2/c1-28-23(25-26-27-28)34-13-16-12-33-21-17(24)20(30)29(21)18(16)22(31)32-19(14-8-4-2-5-9-14)15-10-6-3-7-11-15/h2-11,17,19,21H,12-13,24H2,1H3/t17?,21-/m1/s1. The quantitative estimate of drug-likeness (QED) is 0.299. The highest BCUT2D eigenvalue weighted by Gasteiger charge is 2.52. The zero-order chi connectivity index (χ0) is 23.7. The van der Waals surface area contributed by atoms with E-state index in [9.17, 15) is 9.59 Å². The predicted molar refractivity (Wildman–Crippen MR) is 128 cm³/mol. The molecular formula is C23H22N6O3S2. The number of tetrazole rings is 1. The van der Waals surface area contributed by atoms with Gasteiger partial charge < -0.3 is 10.5 Å². The van der Waals surface area contributed by atoms with Crippen LogP contribution in [0.3, 0.4) is 0 Å². The summed E-state index contributed by atoms with van der Waals surface area (Å²) < 4.78 is 7.66. The number of benzene rings is 2. The largest absolute Gasteiger partial charge is 0.448 e. The Morgan fingerprint density at radius 1 is 1.18 bits per heavy atom. The van der Waals surface area contributed by atoms with E-state index in [0.717, 1.165) is 16.7 Å². The fourth-order valence-electron chi connectivity index (χ4n) is 3.92. The summed E-state index contributed by atoms with van der Waals surface area (Å²) in [5, 5.41) is 11.8. The van der Waals surface area contributed by atoms with Crippen molar-refractivity contribution in [1.82, 2.24) is 25.1 Å². The summed E-state index contributed by atoms with van der Waals surface area (Å²) in [6.07, 6.45) is -0.614. The number of nitrogens with two attached hydrogens (primary N) is 1. The Labute approximate surface area is 204 Å². The number of carbonyl (C=O) groups is 2. The minimum Gasteiger partial charge on any atom is -0.448 e. The lowest BCUT2D eigenvalue weighted by molar-refractivity contribution is -0.153. The van der Waals surface area contributed by atoms with Crippen molar-refractivity contribution in [2.24, 2.45) is 12.8 Å². The number of rotatable bonds is 7. The Balaban J connectivity index is 1.47. The third-order valence-corrected chi connectivity index (χ3v) is 8.13. The molecule has 2 aliphatic heterocycles. The normalized spacial score (nSPS) is 19.7. The minimum atomic E-state index is -0.621. The van der Waals surface area contributed by atoms with E-state index in [4.69, 9.17) is 10.5 Å². The first-order valence-corrected chi connectivity index (χ1v) is 12.7. The fraction of sp³-hybridized carbons (Fsp3) is 0.261. The second-order valence-corrected chi connectivity index (χ2v) is 9.92. The van der Waals surface area contributed by atoms with Crippen molar-refractivity contribution in [1.29, 1.82) is 0 Å². The van der Waals surface area contributed by atoms with Gasteiger partial charge in [-0.3, -0.25) is 9.69 Å². The van der Waals surface area contributed by atoms with Gasteiger partial charge >= 0.3 is 5.97 Å². The lowest BCUT2D eigenvalue weighted by Crippen LogP contribution is -2.68. The molecule has 0 aliphatic carbocycles. The summed E-state index contributed by atoms with van der Waals surface area (Å²) in [5.41, 5.74) is 8.77. The van der Waals surface area contributed by atoms with E-state index in [2.05, 4.69) is 15.5 Å². The topological polar surface area (TPSA) is 116 Å². The Kier molecular flexibility index (Phi) is 6.40. The van der Waals surface area contributed by atoms with Crippen molar-refractivity contribution in [3.05, 3.63) is 83.1 Å². The van der Waals surface area contributed by atoms with Gasteiger partial charge in [-0.1, -0.05) is 72.4 Å². The number of nitrogens with zero attached hydrogens (tertiary/aromatic N) is 5. The van der Waals surface area contributed by atoms with Crippen LogP contribution in [0.5, 0.6) is 0 Å². The van der Waals surface area contributed by atoms with Crippen LogP contribution < -0.4 is 5.73 Å². The maximum absolute atomic E-state index is 13.7. The molecule has 1 fully saturated rings. The van der Waals surface area contributed by atoms with Crippen LogP contribution in [0.4, 0.5) is 0 Å². The van der Waals surface area contributed by atoms with Crippen molar-refractivity contribution in [3.8, 4) is 0 Å². The molecule has 9 nitrogen and oxygen atoms in total. The molecule has 2 aromatic carbocycles. The molecule has 0 spiro atoms. The average Bonchev–Trinajstić information content (AvgIpc) is 3.30. The smallest absolute Gasteiger partial charge is 0.356 e. The van der Waals surface area contributed by atoms with Gasteiger partial charge in [0.05, 0.1) is 0 Å². The molecule has 0 bridgehead atoms. The second-order valence-electron chi connectivity index (χ2n) is 7.87. The molecule has 1 saturated heterocycles. The number of carbonyl (C=O) groups excluding carboxylic acids is 2. The molecular weight excluding hydrogens is 472 g/mol. The molecule has 2 N–H and O–H groups in total. The van der Waals surface area contributed by atoms with Crippen LogP contribution in [0.25, 0.3) is 0 Å². The minimum absolute atomic E-state index is 0.271. The number of fused-ring (bicyclic) bond motifs is 1. The first kappa shape index (κ1) is 22.6. The van der Waals surface area contributed by atoms with Gasteiger partial charge in [0.1, 0.15) is 17.1 Å². The molecule has 3 aromatic rings. The Morgan fingerprint density at radius 2 is 1.82 bits per heavy atom. The summed E-state index contributed by atoms with van der Waals surface area (Å²) in [6.45, 7) is 0. The van der Waals surface area contributed by atoms with Crippen LogP contribution >= 0.6 is 23.5 Å². The van der Waals surface area contributed by atoms with Crippen LogP contribution in [0.15, 0.2) is 77.1 Å². The van der Waals surface area contributed by atoms with E-state index in [1.54, 1.807) is 23.5 Å². The molecule has 2 atom stereocenters. The SMILES string of the molecule is Cn1nnnc1SCC1=C(C(=O)OC(c2ccccc2)c2ccccc2)N2C(=O)C(N)[C@H]2SC1. The van der Waals surface area contributed by atoms with Crippen LogP contribution in [0.2, 0.25) is 0 Å². The first-order chi connectivity index (χ1) is 16.5. The number of β-lactam (4-membered cyclic amide) rings is 1. The van der Waals surface area contributed by atoms with Gasteiger partial charge in [0.15, 0.2) is 6.10 Å². The van der Waals surface area contributed by atoms with Gasteiger partial charge in [0.2, 0.25) is 11.1 Å². The van der Waals surface area contributed by atoms with Gasteiger partial charge in [-0.25, -0.2) is 9.48 Å². The monoisotopic (exact) mass is 494 g/mol. The van der Waals surface area contributed by atoms with E-state index >= 15 is 0 Å². The molecule has 5 rings (SSSR count). The van der Waals surface area contributed by atoms with Gasteiger partial charge in [0, 0.05) is 18.6 Å². The molecule has 1 amide bonds. The highest BCUT2D eigenvalue weighted by molar-refractivity contribution is 8.01. The van der Waals surface area contributed by atoms with E-state index in [1.165, 1.54) is 16.7 Å². The molecule has 3 heterocycles. The molecule has 0 radical (unpaired) electrons. The van der Waals surface area contributed by atoms with E-state index in [-0.39, 0.29) is 17.0 Å². The van der Waals surface area contributed by atoms with Gasteiger partial charge in [-0.05, 0) is 27.1 Å². The lowest BCUT2D eigenvalue weighted by Gasteiger charge is -2.48. The number of ether oxygens (including phenoxy) is 1. The van der Waals surface area contributed by atoms with Crippen LogP contribution in [-0.2, 0) is 21.4 Å². The molecule has 174 valence electrons. The maximum atomic E-state index is 13.7. The Bertz CT molecular complexity index is 1190. The van der Waals surface area contributed by atoms with Crippen LogP contribution in [-0.4, -0.2) is 59.9 Å². The number of hydrogen-bond donors (Lipinski definition) is 1. The third-order valence-electron chi connectivity index (χ3n) is 5.67. The number of amides is 1. The predicted octanol–water partition coefficient (Wildman–Crippen LogP) is 2.13. The summed E-state index contributed by atoms with van der Waals surface area (Å²) in [7, 11) is 1.75. The van der Waals surface area contributed by atoms with E-state index in [1.807, 2.05) is 60.7 Å².